The lowest BCUT2D eigenvalue weighted by molar-refractivity contribution is 0.154. The van der Waals surface area contributed by atoms with Crippen LogP contribution in [0.15, 0.2) is 65.7 Å². The van der Waals surface area contributed by atoms with Gasteiger partial charge in [0.05, 0.1) is 29.0 Å². The maximum atomic E-state index is 6.26. The molecule has 0 atom stereocenters. The van der Waals surface area contributed by atoms with Crippen LogP contribution in [0.25, 0.3) is 55.8 Å². The van der Waals surface area contributed by atoms with Crippen molar-refractivity contribution in [3.05, 3.63) is 65.7 Å². The number of hydrogen-bond donors (Lipinski definition) is 2. The third-order valence-corrected chi connectivity index (χ3v) is 7.57. The van der Waals surface area contributed by atoms with Crippen LogP contribution in [0.5, 0.6) is 5.75 Å². The predicted octanol–water partition coefficient (Wildman–Crippen LogP) is 7.00. The summed E-state index contributed by atoms with van der Waals surface area (Å²) in [6.45, 7) is 0. The summed E-state index contributed by atoms with van der Waals surface area (Å²) in [5, 5.41) is 12.9. The Morgan fingerprint density at radius 1 is 0.889 bits per heavy atom. The smallest absolute Gasteiger partial charge is 0.159 e. The van der Waals surface area contributed by atoms with Gasteiger partial charge in [0.25, 0.3) is 0 Å². The van der Waals surface area contributed by atoms with E-state index in [0.29, 0.717) is 11.9 Å². The van der Waals surface area contributed by atoms with Crippen LogP contribution < -0.4 is 4.74 Å². The fourth-order valence-electron chi connectivity index (χ4n) is 5.05. The average Bonchev–Trinajstić information content (AvgIpc) is 3.68. The minimum Gasteiger partial charge on any atom is -0.489 e. The van der Waals surface area contributed by atoms with Gasteiger partial charge in [-0.05, 0) is 67.0 Å². The highest BCUT2D eigenvalue weighted by molar-refractivity contribution is 7.08. The second-order valence-corrected chi connectivity index (χ2v) is 10.1. The number of imidazole rings is 1. The van der Waals surface area contributed by atoms with Gasteiger partial charge in [-0.1, -0.05) is 12.5 Å². The van der Waals surface area contributed by atoms with Gasteiger partial charge in [-0.2, -0.15) is 16.4 Å². The summed E-state index contributed by atoms with van der Waals surface area (Å²) in [5.74, 6) is 1.54. The van der Waals surface area contributed by atoms with Crippen molar-refractivity contribution in [3.8, 4) is 39.7 Å². The number of H-pyrrole nitrogens is 2. The average molecular weight is 493 g/mol. The van der Waals surface area contributed by atoms with E-state index in [2.05, 4.69) is 66.2 Å². The number of fused-ring (bicyclic) bond motifs is 2. The molecule has 6 aromatic rings. The van der Waals surface area contributed by atoms with Crippen LogP contribution in [0, 0.1) is 0 Å². The van der Waals surface area contributed by atoms with E-state index in [4.69, 9.17) is 9.72 Å². The molecule has 1 aromatic carbocycles. The van der Waals surface area contributed by atoms with Crippen molar-refractivity contribution in [1.29, 1.82) is 0 Å². The van der Waals surface area contributed by atoms with Crippen molar-refractivity contribution < 1.29 is 4.74 Å². The molecule has 0 unspecified atom stereocenters. The number of ether oxygens (including phenoxy) is 1. The van der Waals surface area contributed by atoms with Gasteiger partial charge >= 0.3 is 0 Å². The summed E-state index contributed by atoms with van der Waals surface area (Å²) < 4.78 is 6.26. The highest BCUT2D eigenvalue weighted by atomic mass is 32.1. The first-order valence-corrected chi connectivity index (χ1v) is 13.2. The molecule has 0 aliphatic heterocycles. The fourth-order valence-corrected chi connectivity index (χ4v) is 5.69. The van der Waals surface area contributed by atoms with Gasteiger partial charge in [0, 0.05) is 34.3 Å². The van der Waals surface area contributed by atoms with Gasteiger partial charge in [0.2, 0.25) is 0 Å². The van der Waals surface area contributed by atoms with Gasteiger partial charge in [-0.15, -0.1) is 0 Å². The number of rotatable bonds is 5. The molecule has 0 radical (unpaired) electrons. The molecule has 36 heavy (non-hydrogen) atoms. The molecular weight excluding hydrogens is 468 g/mol. The van der Waals surface area contributed by atoms with Crippen molar-refractivity contribution >= 4 is 33.3 Å². The predicted molar refractivity (Wildman–Crippen MR) is 143 cm³/mol. The quantitative estimate of drug-likeness (QED) is 0.270. The van der Waals surface area contributed by atoms with E-state index in [1.165, 1.54) is 19.3 Å². The summed E-state index contributed by atoms with van der Waals surface area (Å²) in [5.41, 5.74) is 7.53. The summed E-state index contributed by atoms with van der Waals surface area (Å²) in [4.78, 5) is 17.4. The molecule has 1 fully saturated rings. The monoisotopic (exact) mass is 492 g/mol. The SMILES string of the molecule is c1cc2[nH]c(-c3n[nH]c4ccc(-c5cncc(OC6CCCCC6)c5)cc34)nc2c(-c2ccsc2)n1. The van der Waals surface area contributed by atoms with Gasteiger partial charge in [0.15, 0.2) is 5.82 Å². The Bertz CT molecular complexity index is 1660. The van der Waals surface area contributed by atoms with Crippen LogP contribution in [-0.2, 0) is 0 Å². The Kier molecular flexibility index (Phi) is 5.24. The van der Waals surface area contributed by atoms with E-state index < -0.39 is 0 Å². The van der Waals surface area contributed by atoms with Gasteiger partial charge in [-0.25, -0.2) is 4.98 Å². The summed E-state index contributed by atoms with van der Waals surface area (Å²) in [6, 6.07) is 12.4. The Morgan fingerprint density at radius 3 is 2.72 bits per heavy atom. The number of pyridine rings is 2. The molecule has 7 rings (SSSR count). The topological polar surface area (TPSA) is 92.4 Å². The minimum atomic E-state index is 0.292. The minimum absolute atomic E-state index is 0.292. The molecule has 1 aliphatic rings. The summed E-state index contributed by atoms with van der Waals surface area (Å²) in [7, 11) is 0. The maximum absolute atomic E-state index is 6.26. The number of nitrogens with one attached hydrogen (secondary N) is 2. The van der Waals surface area contributed by atoms with E-state index in [1.54, 1.807) is 11.3 Å². The molecule has 5 aromatic heterocycles. The largest absolute Gasteiger partial charge is 0.489 e. The van der Waals surface area contributed by atoms with Crippen LogP contribution >= 0.6 is 11.3 Å². The van der Waals surface area contributed by atoms with Gasteiger partial charge in [0.1, 0.15) is 17.0 Å². The van der Waals surface area contributed by atoms with Crippen LogP contribution in [0.4, 0.5) is 0 Å². The Hall–Kier alpha value is -4.04. The number of aromatic amines is 2. The zero-order chi connectivity index (χ0) is 23.9. The third-order valence-electron chi connectivity index (χ3n) is 6.88. The van der Waals surface area contributed by atoms with E-state index in [-0.39, 0.29) is 0 Å². The number of nitrogens with zero attached hydrogens (tertiary/aromatic N) is 4. The van der Waals surface area contributed by atoms with Crippen molar-refractivity contribution in [3.63, 3.8) is 0 Å². The molecule has 178 valence electrons. The van der Waals surface area contributed by atoms with E-state index in [9.17, 15) is 0 Å². The van der Waals surface area contributed by atoms with Crippen LogP contribution in [-0.4, -0.2) is 36.2 Å². The van der Waals surface area contributed by atoms with Crippen LogP contribution in [0.3, 0.4) is 0 Å². The lowest BCUT2D eigenvalue weighted by Gasteiger charge is -2.23. The second kappa shape index (κ2) is 8.87. The summed E-state index contributed by atoms with van der Waals surface area (Å²) >= 11 is 1.65. The van der Waals surface area contributed by atoms with Crippen LogP contribution in [0.2, 0.25) is 0 Å². The standard InChI is InChI=1S/C28H24N6OS/c1-2-4-20(5-3-1)35-21-12-19(14-29-15-21)17-6-7-23-22(13-17)26(34-33-23)28-31-24-8-10-30-25(27(24)32-28)18-9-11-36-16-18/h6-16,20H,1-5H2,(H,31,32)(H,33,34). The zero-order valence-electron chi connectivity index (χ0n) is 19.6. The molecule has 8 heteroatoms. The number of hydrogen-bond acceptors (Lipinski definition) is 6. The number of benzene rings is 1. The highest BCUT2D eigenvalue weighted by Crippen LogP contribution is 2.33. The molecule has 2 N–H and O–H groups in total. The second-order valence-electron chi connectivity index (χ2n) is 9.27. The molecule has 1 saturated carbocycles. The normalized spacial score (nSPS) is 14.6. The first kappa shape index (κ1) is 21.3. The zero-order valence-corrected chi connectivity index (χ0v) is 20.4. The number of thiophene rings is 1. The molecule has 1 aliphatic carbocycles. The fraction of sp³-hybridized carbons (Fsp3) is 0.214. The lowest BCUT2D eigenvalue weighted by atomic mass is 9.98. The number of aromatic nitrogens is 6. The van der Waals surface area contributed by atoms with E-state index in [1.807, 2.05) is 24.7 Å². The molecule has 0 bridgehead atoms. The highest BCUT2D eigenvalue weighted by Gasteiger charge is 2.18. The first-order chi connectivity index (χ1) is 17.8. The Morgan fingerprint density at radius 2 is 1.83 bits per heavy atom. The van der Waals surface area contributed by atoms with Gasteiger partial charge in [-0.3, -0.25) is 15.1 Å². The molecule has 7 nitrogen and oxygen atoms in total. The molecule has 0 amide bonds. The Balaban J connectivity index is 1.26. The van der Waals surface area contributed by atoms with Crippen molar-refractivity contribution in [1.82, 2.24) is 30.1 Å². The first-order valence-electron chi connectivity index (χ1n) is 12.3. The third kappa shape index (κ3) is 3.83. The molecule has 0 spiro atoms. The van der Waals surface area contributed by atoms with E-state index in [0.717, 1.165) is 68.6 Å². The van der Waals surface area contributed by atoms with Crippen molar-refractivity contribution in [2.24, 2.45) is 0 Å². The van der Waals surface area contributed by atoms with Crippen molar-refractivity contribution in [2.45, 2.75) is 38.2 Å². The maximum Gasteiger partial charge on any atom is 0.159 e. The molecular formula is C28H24N6OS. The lowest BCUT2D eigenvalue weighted by Crippen LogP contribution is -2.19. The molecule has 0 saturated heterocycles. The van der Waals surface area contributed by atoms with Crippen molar-refractivity contribution in [2.75, 3.05) is 0 Å². The van der Waals surface area contributed by atoms with Crippen LogP contribution in [0.1, 0.15) is 32.1 Å². The van der Waals surface area contributed by atoms with Gasteiger partial charge < -0.3 is 9.72 Å². The Labute approximate surface area is 211 Å². The molecule has 5 heterocycles. The summed E-state index contributed by atoms with van der Waals surface area (Å²) in [6.07, 6.45) is 11.8. The van der Waals surface area contributed by atoms with E-state index >= 15 is 0 Å².